The maximum Gasteiger partial charge on any atom is 0.294 e. The van der Waals surface area contributed by atoms with Crippen molar-refractivity contribution in [1.82, 2.24) is 9.55 Å². The lowest BCUT2D eigenvalue weighted by Gasteiger charge is -2.16. The molecule has 0 fully saturated rings. The van der Waals surface area contributed by atoms with Gasteiger partial charge in [-0.25, -0.2) is 4.98 Å². The predicted octanol–water partition coefficient (Wildman–Crippen LogP) is 4.27. The zero-order valence-electron chi connectivity index (χ0n) is 15.6. The quantitative estimate of drug-likeness (QED) is 0.270. The smallest absolute Gasteiger partial charge is 0.294 e. The largest absolute Gasteiger partial charge is 0.320 e. The van der Waals surface area contributed by atoms with Crippen LogP contribution in [0.25, 0.3) is 10.9 Å². The molecule has 0 spiro atoms. The Balaban J connectivity index is 1.84. The van der Waals surface area contributed by atoms with E-state index in [1.807, 2.05) is 13.8 Å². The van der Waals surface area contributed by atoms with Gasteiger partial charge in [-0.1, -0.05) is 35.5 Å². The lowest BCUT2D eigenvalue weighted by molar-refractivity contribution is -0.383. The lowest BCUT2D eigenvalue weighted by Crippen LogP contribution is -2.25. The highest BCUT2D eigenvalue weighted by molar-refractivity contribution is 7.99. The van der Waals surface area contributed by atoms with Gasteiger partial charge in [0, 0.05) is 17.1 Å². The van der Waals surface area contributed by atoms with Gasteiger partial charge in [-0.3, -0.25) is 24.3 Å². The zero-order valence-corrected chi connectivity index (χ0v) is 17.2. The second kappa shape index (κ2) is 8.62. The van der Waals surface area contributed by atoms with E-state index in [1.165, 1.54) is 22.8 Å². The summed E-state index contributed by atoms with van der Waals surface area (Å²) < 4.78 is 1.53. The van der Waals surface area contributed by atoms with Gasteiger partial charge < -0.3 is 5.32 Å². The van der Waals surface area contributed by atoms with Gasteiger partial charge in [0.2, 0.25) is 5.91 Å². The number of nitro benzene ring substituents is 1. The minimum atomic E-state index is -0.615. The van der Waals surface area contributed by atoms with Gasteiger partial charge in [-0.05, 0) is 38.1 Å². The van der Waals surface area contributed by atoms with Crippen LogP contribution < -0.4 is 10.9 Å². The molecule has 1 N–H and O–H groups in total. The van der Waals surface area contributed by atoms with E-state index in [2.05, 4.69) is 10.3 Å². The first-order chi connectivity index (χ1) is 13.8. The molecule has 8 nitrogen and oxygen atoms in total. The van der Waals surface area contributed by atoms with Crippen molar-refractivity contribution >= 4 is 51.5 Å². The number of amides is 1. The molecule has 1 aromatic heterocycles. The lowest BCUT2D eigenvalue weighted by atomic mass is 10.2. The van der Waals surface area contributed by atoms with Crippen LogP contribution in [0.1, 0.15) is 19.9 Å². The number of hydrogen-bond donors (Lipinski definition) is 1. The van der Waals surface area contributed by atoms with Crippen molar-refractivity contribution in [2.24, 2.45) is 0 Å². The molecule has 1 heterocycles. The number of carbonyl (C=O) groups excluding carboxylic acids is 1. The third-order valence-corrected chi connectivity index (χ3v) is 5.24. The van der Waals surface area contributed by atoms with E-state index in [0.717, 1.165) is 11.8 Å². The van der Waals surface area contributed by atoms with Gasteiger partial charge in [0.1, 0.15) is 5.69 Å². The van der Waals surface area contributed by atoms with Crippen LogP contribution in [0, 0.1) is 10.1 Å². The molecular weight excluding hydrogens is 416 g/mol. The summed E-state index contributed by atoms with van der Waals surface area (Å²) in [6, 6.07) is 10.9. The monoisotopic (exact) mass is 432 g/mol. The molecule has 0 saturated carbocycles. The fourth-order valence-electron chi connectivity index (χ4n) is 2.76. The van der Waals surface area contributed by atoms with Crippen LogP contribution in [-0.4, -0.2) is 26.1 Å². The van der Waals surface area contributed by atoms with Crippen molar-refractivity contribution in [1.29, 1.82) is 0 Å². The van der Waals surface area contributed by atoms with Crippen LogP contribution in [0.15, 0.2) is 52.4 Å². The van der Waals surface area contributed by atoms with E-state index in [0.29, 0.717) is 16.1 Å². The van der Waals surface area contributed by atoms with Gasteiger partial charge in [0.25, 0.3) is 11.2 Å². The fourth-order valence-corrected chi connectivity index (χ4v) is 3.86. The summed E-state index contributed by atoms with van der Waals surface area (Å²) in [7, 11) is 0. The summed E-state index contributed by atoms with van der Waals surface area (Å²) in [6.45, 7) is 3.72. The molecule has 2 aromatic carbocycles. The number of rotatable bonds is 6. The van der Waals surface area contributed by atoms with Crippen molar-refractivity contribution in [3.05, 3.63) is 68.0 Å². The van der Waals surface area contributed by atoms with E-state index in [1.54, 1.807) is 24.3 Å². The zero-order chi connectivity index (χ0) is 21.1. The van der Waals surface area contributed by atoms with Gasteiger partial charge in [-0.2, -0.15) is 0 Å². The summed E-state index contributed by atoms with van der Waals surface area (Å²) in [5.74, 6) is -0.532. The number of nitro groups is 1. The van der Waals surface area contributed by atoms with Gasteiger partial charge in [-0.15, -0.1) is 0 Å². The summed E-state index contributed by atoms with van der Waals surface area (Å²) >= 11 is 6.88. The maximum atomic E-state index is 12.8. The molecule has 1 amide bonds. The first-order valence-corrected chi connectivity index (χ1v) is 10.0. The van der Waals surface area contributed by atoms with Crippen molar-refractivity contribution in [3.8, 4) is 0 Å². The molecule has 150 valence electrons. The highest BCUT2D eigenvalue weighted by atomic mass is 35.5. The second-order valence-electron chi connectivity index (χ2n) is 6.44. The third-order valence-electron chi connectivity index (χ3n) is 4.05. The number of para-hydroxylation sites is 1. The number of halogens is 1. The minimum absolute atomic E-state index is 0.0534. The summed E-state index contributed by atoms with van der Waals surface area (Å²) in [4.78, 5) is 40.2. The van der Waals surface area contributed by atoms with Gasteiger partial charge in [0.15, 0.2) is 5.16 Å². The second-order valence-corrected chi connectivity index (χ2v) is 7.81. The summed E-state index contributed by atoms with van der Waals surface area (Å²) in [5.41, 5.74) is 0.129. The van der Waals surface area contributed by atoms with E-state index >= 15 is 0 Å². The predicted molar refractivity (Wildman–Crippen MR) is 114 cm³/mol. The number of fused-ring (bicyclic) bond motifs is 1. The van der Waals surface area contributed by atoms with Crippen molar-refractivity contribution in [2.75, 3.05) is 11.1 Å². The molecule has 0 unspecified atom stereocenters. The van der Waals surface area contributed by atoms with Crippen LogP contribution in [-0.2, 0) is 4.79 Å². The van der Waals surface area contributed by atoms with E-state index in [4.69, 9.17) is 11.6 Å². The van der Waals surface area contributed by atoms with Gasteiger partial charge >= 0.3 is 0 Å². The van der Waals surface area contributed by atoms with Gasteiger partial charge in [0.05, 0.1) is 21.6 Å². The standard InChI is InChI=1S/C19H17ClN4O4S/c1-11(2)23-18(26)13-5-3-4-6-14(13)22-19(23)29-10-17(25)21-15-8-7-12(20)9-16(15)24(27)28/h3-9,11H,10H2,1-2H3,(H,21,25). The van der Waals surface area contributed by atoms with Crippen LogP contribution in [0.5, 0.6) is 0 Å². The summed E-state index contributed by atoms with van der Waals surface area (Å²) in [6.07, 6.45) is 0. The first-order valence-electron chi connectivity index (χ1n) is 8.66. The Morgan fingerprint density at radius 3 is 2.72 bits per heavy atom. The number of thioether (sulfide) groups is 1. The van der Waals surface area contributed by atoms with Crippen molar-refractivity contribution in [3.63, 3.8) is 0 Å². The Labute approximate surface area is 175 Å². The Kier molecular flexibility index (Phi) is 6.19. The Morgan fingerprint density at radius 2 is 2.03 bits per heavy atom. The third kappa shape index (κ3) is 4.57. The van der Waals surface area contributed by atoms with Crippen LogP contribution >= 0.6 is 23.4 Å². The molecule has 3 aromatic rings. The van der Waals surface area contributed by atoms with Crippen LogP contribution in [0.4, 0.5) is 11.4 Å². The fraction of sp³-hybridized carbons (Fsp3) is 0.211. The molecule has 3 rings (SSSR count). The molecule has 0 bridgehead atoms. The number of benzene rings is 2. The number of anilines is 1. The minimum Gasteiger partial charge on any atom is -0.320 e. The van der Waals surface area contributed by atoms with E-state index in [-0.39, 0.29) is 33.8 Å². The molecule has 29 heavy (non-hydrogen) atoms. The SMILES string of the molecule is CC(C)n1c(SCC(=O)Nc2ccc(Cl)cc2[N+](=O)[O-])nc2ccccc2c1=O. The first kappa shape index (κ1) is 20.8. The topological polar surface area (TPSA) is 107 Å². The Bertz CT molecular complexity index is 1160. The molecule has 0 aliphatic carbocycles. The highest BCUT2D eigenvalue weighted by Crippen LogP contribution is 2.28. The molecule has 0 atom stereocenters. The molecule has 0 aliphatic rings. The van der Waals surface area contributed by atoms with Crippen molar-refractivity contribution in [2.45, 2.75) is 25.0 Å². The van der Waals surface area contributed by atoms with E-state index < -0.39 is 10.8 Å². The molecule has 0 radical (unpaired) electrons. The normalized spacial score (nSPS) is 11.0. The van der Waals surface area contributed by atoms with E-state index in [9.17, 15) is 19.7 Å². The molecular formula is C19H17ClN4O4S. The molecule has 10 heteroatoms. The number of carbonyl (C=O) groups is 1. The molecule has 0 aliphatic heterocycles. The molecule has 0 saturated heterocycles. The van der Waals surface area contributed by atoms with Crippen LogP contribution in [0.3, 0.4) is 0 Å². The number of nitrogens with zero attached hydrogens (tertiary/aromatic N) is 3. The van der Waals surface area contributed by atoms with Crippen molar-refractivity contribution < 1.29 is 9.72 Å². The average Bonchev–Trinajstić information content (AvgIpc) is 2.67. The Morgan fingerprint density at radius 1 is 1.31 bits per heavy atom. The highest BCUT2D eigenvalue weighted by Gasteiger charge is 2.18. The average molecular weight is 433 g/mol. The Hall–Kier alpha value is -2.91. The number of nitrogens with one attached hydrogen (secondary N) is 1. The number of aromatic nitrogens is 2. The van der Waals surface area contributed by atoms with Crippen LogP contribution in [0.2, 0.25) is 5.02 Å². The maximum absolute atomic E-state index is 12.8. The number of hydrogen-bond acceptors (Lipinski definition) is 6. The summed E-state index contributed by atoms with van der Waals surface area (Å²) in [5, 5.41) is 14.8.